The molecule has 26 heavy (non-hydrogen) atoms. The molecule has 1 fully saturated rings. The van der Waals surface area contributed by atoms with E-state index in [1.54, 1.807) is 13.2 Å². The Labute approximate surface area is 152 Å². The summed E-state index contributed by atoms with van der Waals surface area (Å²) in [6.45, 7) is 2.22. The monoisotopic (exact) mass is 357 g/mol. The van der Waals surface area contributed by atoms with Crippen molar-refractivity contribution in [2.24, 2.45) is 5.92 Å². The van der Waals surface area contributed by atoms with Gasteiger partial charge in [-0.2, -0.15) is 0 Å². The fraction of sp³-hybridized carbons (Fsp3) is 0.400. The maximum absolute atomic E-state index is 12.7. The van der Waals surface area contributed by atoms with Crippen LogP contribution >= 0.6 is 0 Å². The summed E-state index contributed by atoms with van der Waals surface area (Å²) in [6, 6.07) is 9.06. The summed E-state index contributed by atoms with van der Waals surface area (Å²) in [7, 11) is 2.95. The molecule has 138 valence electrons. The maximum atomic E-state index is 12.7. The highest BCUT2D eigenvalue weighted by atomic mass is 16.5. The Bertz CT molecular complexity index is 757. The number of furan rings is 1. The Morgan fingerprint density at radius 2 is 1.81 bits per heavy atom. The molecule has 0 unspecified atom stereocenters. The van der Waals surface area contributed by atoms with Gasteiger partial charge < -0.3 is 13.9 Å². The number of hydrogen-bond acceptors (Lipinski definition) is 6. The lowest BCUT2D eigenvalue weighted by Crippen LogP contribution is -2.36. The molecule has 0 radical (unpaired) electrons. The smallest absolute Gasteiger partial charge is 0.374 e. The van der Waals surface area contributed by atoms with Crippen molar-refractivity contribution in [1.82, 2.24) is 4.90 Å². The number of esters is 1. The van der Waals surface area contributed by atoms with Crippen molar-refractivity contribution in [3.8, 4) is 5.75 Å². The third-order valence-electron chi connectivity index (χ3n) is 4.84. The molecule has 1 aromatic heterocycles. The van der Waals surface area contributed by atoms with Gasteiger partial charge in [0, 0.05) is 23.6 Å². The molecule has 0 spiro atoms. The van der Waals surface area contributed by atoms with Crippen LogP contribution in [-0.4, -0.2) is 44.0 Å². The fourth-order valence-electron chi connectivity index (χ4n) is 3.32. The lowest BCUT2D eigenvalue weighted by Gasteiger charge is -2.31. The average Bonchev–Trinajstić information content (AvgIpc) is 3.15. The van der Waals surface area contributed by atoms with E-state index in [0.717, 1.165) is 42.8 Å². The van der Waals surface area contributed by atoms with Gasteiger partial charge in [0.1, 0.15) is 5.75 Å². The van der Waals surface area contributed by atoms with Crippen LogP contribution in [-0.2, 0) is 11.3 Å². The Balaban J connectivity index is 1.56. The number of piperidine rings is 1. The van der Waals surface area contributed by atoms with Crippen LogP contribution in [0.4, 0.5) is 0 Å². The van der Waals surface area contributed by atoms with Crippen LogP contribution < -0.4 is 4.74 Å². The quantitative estimate of drug-likeness (QED) is 0.584. The van der Waals surface area contributed by atoms with Crippen molar-refractivity contribution >= 4 is 11.8 Å². The molecule has 2 aromatic rings. The molecule has 2 heterocycles. The van der Waals surface area contributed by atoms with Crippen molar-refractivity contribution in [1.29, 1.82) is 0 Å². The number of likely N-dealkylation sites (tertiary alicyclic amines) is 1. The van der Waals surface area contributed by atoms with Crippen LogP contribution in [0.15, 0.2) is 41.0 Å². The number of carbonyl (C=O) groups excluding carboxylic acids is 2. The van der Waals surface area contributed by atoms with Crippen molar-refractivity contribution in [3.63, 3.8) is 0 Å². The van der Waals surface area contributed by atoms with Crippen LogP contribution in [0.5, 0.6) is 5.75 Å². The number of Topliss-reactive ketones (excluding diaryl/α,β-unsaturated/α-hetero) is 1. The van der Waals surface area contributed by atoms with Gasteiger partial charge in [-0.1, -0.05) is 0 Å². The first-order chi connectivity index (χ1) is 12.6. The summed E-state index contributed by atoms with van der Waals surface area (Å²) in [4.78, 5) is 26.6. The Hall–Kier alpha value is -2.60. The number of rotatable bonds is 6. The summed E-state index contributed by atoms with van der Waals surface area (Å²) in [5.41, 5.74) is 1.55. The third-order valence-corrected chi connectivity index (χ3v) is 4.84. The second-order valence-electron chi connectivity index (χ2n) is 6.41. The first kappa shape index (κ1) is 18.2. The van der Waals surface area contributed by atoms with Crippen molar-refractivity contribution in [2.75, 3.05) is 27.3 Å². The van der Waals surface area contributed by atoms with Crippen molar-refractivity contribution in [3.05, 3.63) is 53.5 Å². The van der Waals surface area contributed by atoms with E-state index in [1.165, 1.54) is 13.4 Å². The van der Waals surface area contributed by atoms with Gasteiger partial charge in [-0.25, -0.2) is 4.79 Å². The van der Waals surface area contributed by atoms with E-state index in [-0.39, 0.29) is 17.5 Å². The lowest BCUT2D eigenvalue weighted by atomic mass is 9.88. The number of hydrogen-bond donors (Lipinski definition) is 0. The zero-order chi connectivity index (χ0) is 18.5. The van der Waals surface area contributed by atoms with Crippen molar-refractivity contribution < 1.29 is 23.5 Å². The fourth-order valence-corrected chi connectivity index (χ4v) is 3.32. The van der Waals surface area contributed by atoms with E-state index in [0.29, 0.717) is 6.54 Å². The summed E-state index contributed by atoms with van der Waals surface area (Å²) >= 11 is 0. The zero-order valence-electron chi connectivity index (χ0n) is 15.1. The Kier molecular flexibility index (Phi) is 5.73. The molecular weight excluding hydrogens is 334 g/mol. The first-order valence-electron chi connectivity index (χ1n) is 8.67. The van der Waals surface area contributed by atoms with Crippen LogP contribution in [0, 0.1) is 5.92 Å². The van der Waals surface area contributed by atoms with Crippen LogP contribution in [0.3, 0.4) is 0 Å². The number of nitrogens with zero attached hydrogens (tertiary/aromatic N) is 1. The van der Waals surface area contributed by atoms with Gasteiger partial charge in [-0.05, 0) is 56.3 Å². The molecule has 1 aliphatic rings. The summed E-state index contributed by atoms with van der Waals surface area (Å²) in [5.74, 6) is 0.756. The minimum atomic E-state index is -0.463. The molecule has 1 saturated heterocycles. The molecular formula is C20H23NO5. The highest BCUT2D eigenvalue weighted by Crippen LogP contribution is 2.25. The molecule has 1 aromatic carbocycles. The van der Waals surface area contributed by atoms with Gasteiger partial charge in [0.25, 0.3) is 0 Å². The molecule has 0 aliphatic carbocycles. The average molecular weight is 357 g/mol. The lowest BCUT2D eigenvalue weighted by molar-refractivity contribution is 0.0561. The summed E-state index contributed by atoms with van der Waals surface area (Å²) in [5, 5.41) is 0. The van der Waals surface area contributed by atoms with Crippen LogP contribution in [0.2, 0.25) is 0 Å². The van der Waals surface area contributed by atoms with Gasteiger partial charge in [-0.15, -0.1) is 0 Å². The van der Waals surface area contributed by atoms with E-state index < -0.39 is 5.97 Å². The minimum absolute atomic E-state index is 0.0315. The highest BCUT2D eigenvalue weighted by Gasteiger charge is 2.27. The number of carbonyl (C=O) groups is 2. The molecule has 0 bridgehead atoms. The standard InChI is InChI=1S/C20H23NO5/c1-24-17-5-3-14(4-6-17)18(22)15-7-10-21(11-8-15)13-16-9-12-26-19(16)20(23)25-2/h3-6,9,12,15H,7-8,10-11,13H2,1-2H3. The number of benzene rings is 1. The van der Waals surface area contributed by atoms with Crippen molar-refractivity contribution in [2.45, 2.75) is 19.4 Å². The van der Waals surface area contributed by atoms with Gasteiger partial charge in [0.05, 0.1) is 20.5 Å². The highest BCUT2D eigenvalue weighted by molar-refractivity contribution is 5.98. The molecule has 0 saturated carbocycles. The second kappa shape index (κ2) is 8.19. The molecule has 6 heteroatoms. The number of methoxy groups -OCH3 is 2. The van der Waals surface area contributed by atoms with Gasteiger partial charge >= 0.3 is 5.97 Å². The second-order valence-corrected chi connectivity index (χ2v) is 6.41. The SMILES string of the molecule is COC(=O)c1occc1CN1CCC(C(=O)c2ccc(OC)cc2)CC1. The number of ketones is 1. The third kappa shape index (κ3) is 3.96. The van der Waals surface area contributed by atoms with E-state index in [9.17, 15) is 9.59 Å². The molecule has 0 atom stereocenters. The number of ether oxygens (including phenoxy) is 2. The van der Waals surface area contributed by atoms with Gasteiger partial charge in [0.2, 0.25) is 5.76 Å². The van der Waals surface area contributed by atoms with E-state index in [2.05, 4.69) is 4.90 Å². The van der Waals surface area contributed by atoms with E-state index in [1.807, 2.05) is 24.3 Å². The molecule has 0 amide bonds. The summed E-state index contributed by atoms with van der Waals surface area (Å²) in [6.07, 6.45) is 3.11. The Morgan fingerprint density at radius 3 is 2.42 bits per heavy atom. The van der Waals surface area contributed by atoms with Gasteiger partial charge in [-0.3, -0.25) is 9.69 Å². The topological polar surface area (TPSA) is 69.0 Å². The molecule has 0 N–H and O–H groups in total. The Morgan fingerprint density at radius 1 is 1.12 bits per heavy atom. The van der Waals surface area contributed by atoms with Gasteiger partial charge in [0.15, 0.2) is 5.78 Å². The normalized spacial score (nSPS) is 15.6. The minimum Gasteiger partial charge on any atom is -0.497 e. The van der Waals surface area contributed by atoms with E-state index in [4.69, 9.17) is 13.9 Å². The predicted molar refractivity (Wildman–Crippen MR) is 95.4 cm³/mol. The molecule has 6 nitrogen and oxygen atoms in total. The van der Waals surface area contributed by atoms with Crippen LogP contribution in [0.1, 0.15) is 39.3 Å². The largest absolute Gasteiger partial charge is 0.497 e. The first-order valence-corrected chi connectivity index (χ1v) is 8.67. The molecule has 1 aliphatic heterocycles. The zero-order valence-corrected chi connectivity index (χ0v) is 15.1. The predicted octanol–water partition coefficient (Wildman–Crippen LogP) is 3.17. The van der Waals surface area contributed by atoms with Crippen LogP contribution in [0.25, 0.3) is 0 Å². The maximum Gasteiger partial charge on any atom is 0.374 e. The van der Waals surface area contributed by atoms with E-state index >= 15 is 0 Å². The molecule has 3 rings (SSSR count). The summed E-state index contributed by atoms with van der Waals surface area (Å²) < 4.78 is 15.1.